The summed E-state index contributed by atoms with van der Waals surface area (Å²) in [6.45, 7) is 1.88. The number of carbonyl (C=O) groups is 2. The van der Waals surface area contributed by atoms with Gasteiger partial charge in [-0.2, -0.15) is 0 Å². The van der Waals surface area contributed by atoms with E-state index < -0.39 is 0 Å². The zero-order valence-electron chi connectivity index (χ0n) is 17.0. The smallest absolute Gasteiger partial charge is 0.265 e. The molecule has 5 nitrogen and oxygen atoms in total. The number of hydrogen-bond donors (Lipinski definition) is 0. The van der Waals surface area contributed by atoms with E-state index in [9.17, 15) is 9.59 Å². The van der Waals surface area contributed by atoms with Gasteiger partial charge in [-0.1, -0.05) is 36.4 Å². The summed E-state index contributed by atoms with van der Waals surface area (Å²) in [6.07, 6.45) is 1.76. The molecule has 0 fully saturated rings. The van der Waals surface area contributed by atoms with E-state index >= 15 is 0 Å². The van der Waals surface area contributed by atoms with Crippen LogP contribution in [0, 0.1) is 6.92 Å². The fourth-order valence-corrected chi connectivity index (χ4v) is 3.62. The number of para-hydroxylation sites is 1. The van der Waals surface area contributed by atoms with Crippen LogP contribution in [0.4, 0.5) is 5.69 Å². The highest BCUT2D eigenvalue weighted by molar-refractivity contribution is 6.43. The molecule has 2 amide bonds. The molecule has 5 heteroatoms. The minimum Gasteiger partial charge on any atom is -0.497 e. The molecular weight excluding hydrogens is 378 g/mol. The molecule has 0 spiro atoms. The summed E-state index contributed by atoms with van der Waals surface area (Å²) in [5, 5.41) is 0. The van der Waals surface area contributed by atoms with Crippen LogP contribution in [-0.2, 0) is 4.79 Å². The lowest BCUT2D eigenvalue weighted by atomic mass is 9.91. The Balaban J connectivity index is 1.92. The maximum absolute atomic E-state index is 13.5. The number of methoxy groups -OCH3 is 2. The van der Waals surface area contributed by atoms with E-state index in [1.54, 1.807) is 56.7 Å². The number of nitrogens with zero attached hydrogens (tertiary/aromatic N) is 1. The second-order valence-electron chi connectivity index (χ2n) is 6.94. The number of anilines is 1. The second kappa shape index (κ2) is 7.87. The van der Waals surface area contributed by atoms with Gasteiger partial charge in [-0.05, 0) is 48.4 Å². The normalized spacial score (nSPS) is 14.6. The third-order valence-electron chi connectivity index (χ3n) is 5.18. The van der Waals surface area contributed by atoms with Gasteiger partial charge in [0.25, 0.3) is 11.8 Å². The Morgan fingerprint density at radius 3 is 2.20 bits per heavy atom. The summed E-state index contributed by atoms with van der Waals surface area (Å²) in [5.74, 6) is 0.530. The van der Waals surface area contributed by atoms with Crippen LogP contribution in [0.1, 0.15) is 27.0 Å². The number of benzene rings is 3. The Labute approximate surface area is 175 Å². The highest BCUT2D eigenvalue weighted by Gasteiger charge is 2.36. The lowest BCUT2D eigenvalue weighted by Crippen LogP contribution is -2.42. The van der Waals surface area contributed by atoms with Crippen molar-refractivity contribution in [3.63, 3.8) is 0 Å². The minimum atomic E-state index is -0.370. The summed E-state index contributed by atoms with van der Waals surface area (Å²) in [5.41, 5.74) is 3.66. The fraction of sp³-hybridized carbons (Fsp3) is 0.120. The van der Waals surface area contributed by atoms with Crippen LogP contribution in [0.5, 0.6) is 11.5 Å². The Morgan fingerprint density at radius 2 is 1.50 bits per heavy atom. The molecule has 0 radical (unpaired) electrons. The van der Waals surface area contributed by atoms with Crippen LogP contribution >= 0.6 is 0 Å². The van der Waals surface area contributed by atoms with Gasteiger partial charge in [0.2, 0.25) is 0 Å². The van der Waals surface area contributed by atoms with E-state index in [0.717, 1.165) is 11.1 Å². The molecule has 3 aromatic rings. The lowest BCUT2D eigenvalue weighted by molar-refractivity contribution is -0.112. The molecule has 1 heterocycles. The first-order chi connectivity index (χ1) is 14.5. The van der Waals surface area contributed by atoms with E-state index in [1.807, 2.05) is 37.3 Å². The molecule has 0 bridgehead atoms. The number of carbonyl (C=O) groups excluding carboxylic acids is 2. The number of imide groups is 1. The maximum Gasteiger partial charge on any atom is 0.265 e. The van der Waals surface area contributed by atoms with Crippen molar-refractivity contribution in [1.82, 2.24) is 0 Å². The quantitative estimate of drug-likeness (QED) is 0.470. The maximum atomic E-state index is 13.5. The van der Waals surface area contributed by atoms with Gasteiger partial charge in [0.05, 0.1) is 19.9 Å². The standard InChI is InChI=1S/C25H21NO4/c1-16-8-4-7-11-22(16)26-24(27)20-10-6-5-9-19(20)21(25(26)28)14-17-12-13-18(29-2)15-23(17)30-3/h4-15H,1-3H3/b21-14+. The summed E-state index contributed by atoms with van der Waals surface area (Å²) >= 11 is 0. The predicted octanol–water partition coefficient (Wildman–Crippen LogP) is 4.74. The SMILES string of the molecule is COc1ccc(/C=C2/C(=O)N(c3ccccc3C)C(=O)c3ccccc32)c(OC)c1. The number of amides is 2. The Kier molecular flexibility index (Phi) is 5.11. The third-order valence-corrected chi connectivity index (χ3v) is 5.18. The number of fused-ring (bicyclic) bond motifs is 1. The fourth-order valence-electron chi connectivity index (χ4n) is 3.62. The molecule has 30 heavy (non-hydrogen) atoms. The molecule has 3 aromatic carbocycles. The van der Waals surface area contributed by atoms with Crippen molar-refractivity contribution < 1.29 is 19.1 Å². The van der Waals surface area contributed by atoms with E-state index in [0.29, 0.717) is 33.9 Å². The van der Waals surface area contributed by atoms with Gasteiger partial charge >= 0.3 is 0 Å². The van der Waals surface area contributed by atoms with Gasteiger partial charge in [-0.25, -0.2) is 4.90 Å². The third kappa shape index (κ3) is 3.24. The molecule has 1 aliphatic heterocycles. The highest BCUT2D eigenvalue weighted by Crippen LogP contribution is 2.36. The van der Waals surface area contributed by atoms with Crippen LogP contribution in [0.3, 0.4) is 0 Å². The zero-order valence-corrected chi connectivity index (χ0v) is 17.0. The van der Waals surface area contributed by atoms with Crippen molar-refractivity contribution in [2.75, 3.05) is 19.1 Å². The number of rotatable bonds is 4. The van der Waals surface area contributed by atoms with Crippen molar-refractivity contribution in [2.24, 2.45) is 0 Å². The van der Waals surface area contributed by atoms with Crippen LogP contribution in [-0.4, -0.2) is 26.0 Å². The number of aryl methyl sites for hydroxylation is 1. The highest BCUT2D eigenvalue weighted by atomic mass is 16.5. The van der Waals surface area contributed by atoms with Crippen molar-refractivity contribution in [1.29, 1.82) is 0 Å². The van der Waals surface area contributed by atoms with Gasteiger partial charge in [0, 0.05) is 22.8 Å². The first-order valence-electron chi connectivity index (χ1n) is 9.52. The molecule has 0 saturated carbocycles. The summed E-state index contributed by atoms with van der Waals surface area (Å²) in [7, 11) is 3.15. The first-order valence-corrected chi connectivity index (χ1v) is 9.52. The molecular formula is C25H21NO4. The molecule has 4 rings (SSSR count). The minimum absolute atomic E-state index is 0.330. The van der Waals surface area contributed by atoms with Crippen molar-refractivity contribution >= 4 is 29.2 Å². The molecule has 150 valence electrons. The number of ether oxygens (including phenoxy) is 2. The van der Waals surface area contributed by atoms with Crippen LogP contribution in [0.25, 0.3) is 11.6 Å². The summed E-state index contributed by atoms with van der Waals surface area (Å²) in [6, 6.07) is 19.9. The average Bonchev–Trinajstić information content (AvgIpc) is 2.78. The van der Waals surface area contributed by atoms with Gasteiger partial charge in [-0.15, -0.1) is 0 Å². The Hall–Kier alpha value is -3.86. The van der Waals surface area contributed by atoms with Gasteiger partial charge in [0.1, 0.15) is 11.5 Å². The Bertz CT molecular complexity index is 1180. The summed E-state index contributed by atoms with van der Waals surface area (Å²) < 4.78 is 10.7. The first kappa shape index (κ1) is 19.5. The van der Waals surface area contributed by atoms with E-state index in [-0.39, 0.29) is 11.8 Å². The van der Waals surface area contributed by atoms with Gasteiger partial charge in [0.15, 0.2) is 0 Å². The van der Waals surface area contributed by atoms with Crippen LogP contribution < -0.4 is 14.4 Å². The zero-order chi connectivity index (χ0) is 21.3. The van der Waals surface area contributed by atoms with Crippen molar-refractivity contribution in [3.8, 4) is 11.5 Å². The molecule has 0 aromatic heterocycles. The van der Waals surface area contributed by atoms with E-state index in [2.05, 4.69) is 0 Å². The summed E-state index contributed by atoms with van der Waals surface area (Å²) in [4.78, 5) is 28.0. The molecule has 1 aliphatic rings. The molecule has 0 unspecified atom stereocenters. The molecule has 0 atom stereocenters. The second-order valence-corrected chi connectivity index (χ2v) is 6.94. The largest absolute Gasteiger partial charge is 0.497 e. The molecule has 0 saturated heterocycles. The van der Waals surface area contributed by atoms with E-state index in [1.165, 1.54) is 4.90 Å². The lowest BCUT2D eigenvalue weighted by Gasteiger charge is -2.29. The number of hydrogen-bond acceptors (Lipinski definition) is 4. The van der Waals surface area contributed by atoms with Gasteiger partial charge in [-0.3, -0.25) is 9.59 Å². The van der Waals surface area contributed by atoms with Crippen LogP contribution in [0.15, 0.2) is 66.7 Å². The Morgan fingerprint density at radius 1 is 0.800 bits per heavy atom. The molecule has 0 N–H and O–H groups in total. The molecule has 0 aliphatic carbocycles. The van der Waals surface area contributed by atoms with E-state index in [4.69, 9.17) is 9.47 Å². The monoisotopic (exact) mass is 399 g/mol. The topological polar surface area (TPSA) is 55.8 Å². The van der Waals surface area contributed by atoms with Crippen LogP contribution in [0.2, 0.25) is 0 Å². The predicted molar refractivity (Wildman–Crippen MR) is 117 cm³/mol. The van der Waals surface area contributed by atoms with Crippen molar-refractivity contribution in [3.05, 3.63) is 89.0 Å². The van der Waals surface area contributed by atoms with Crippen molar-refractivity contribution in [2.45, 2.75) is 6.92 Å². The van der Waals surface area contributed by atoms with Gasteiger partial charge < -0.3 is 9.47 Å². The average molecular weight is 399 g/mol.